The van der Waals surface area contributed by atoms with E-state index in [0.717, 1.165) is 33.9 Å². The van der Waals surface area contributed by atoms with Crippen LogP contribution in [0.1, 0.15) is 40.3 Å². The third-order valence-electron chi connectivity index (χ3n) is 3.60. The van der Waals surface area contributed by atoms with Crippen molar-refractivity contribution in [1.82, 2.24) is 4.98 Å². The van der Waals surface area contributed by atoms with E-state index < -0.39 is 6.10 Å². The molecule has 0 saturated heterocycles. The smallest absolute Gasteiger partial charge is 0.128 e. The molecule has 108 valence electrons. The zero-order chi connectivity index (χ0) is 14.7. The summed E-state index contributed by atoms with van der Waals surface area (Å²) in [5, 5.41) is 12.5. The fraction of sp³-hybridized carbons (Fsp3) is 0.438. The molecule has 1 atom stereocenters. The molecule has 3 nitrogen and oxygen atoms in total. The first kappa shape index (κ1) is 15.0. The molecule has 0 amide bonds. The van der Waals surface area contributed by atoms with Crippen molar-refractivity contribution in [3.8, 4) is 5.75 Å². The van der Waals surface area contributed by atoms with Gasteiger partial charge >= 0.3 is 0 Å². The van der Waals surface area contributed by atoms with Gasteiger partial charge in [-0.05, 0) is 37.3 Å². The molecule has 2 rings (SSSR count). The Kier molecular flexibility index (Phi) is 4.78. The minimum absolute atomic E-state index is 0.497. The second-order valence-electron chi connectivity index (χ2n) is 4.93. The Labute approximate surface area is 124 Å². The van der Waals surface area contributed by atoms with Crippen LogP contribution in [0.15, 0.2) is 17.6 Å². The molecule has 2 aromatic rings. The van der Waals surface area contributed by atoms with E-state index in [4.69, 9.17) is 4.74 Å². The van der Waals surface area contributed by atoms with E-state index in [-0.39, 0.29) is 0 Å². The van der Waals surface area contributed by atoms with Gasteiger partial charge in [-0.1, -0.05) is 6.92 Å². The van der Waals surface area contributed by atoms with Crippen molar-refractivity contribution in [1.29, 1.82) is 0 Å². The summed E-state index contributed by atoms with van der Waals surface area (Å²) in [6, 6.07) is 2.08. The minimum Gasteiger partial charge on any atom is -0.496 e. The fourth-order valence-corrected chi connectivity index (χ4v) is 3.47. The minimum atomic E-state index is -0.497. The van der Waals surface area contributed by atoms with Crippen molar-refractivity contribution in [3.05, 3.63) is 44.9 Å². The molecule has 0 aromatic carbocycles. The quantitative estimate of drug-likeness (QED) is 0.915. The maximum atomic E-state index is 10.5. The largest absolute Gasteiger partial charge is 0.496 e. The van der Waals surface area contributed by atoms with Gasteiger partial charge in [-0.15, -0.1) is 11.3 Å². The van der Waals surface area contributed by atoms with Crippen LogP contribution in [0, 0.1) is 13.8 Å². The number of ether oxygens (including phenoxy) is 1. The first-order valence-corrected chi connectivity index (χ1v) is 7.69. The van der Waals surface area contributed by atoms with Crippen LogP contribution in [0.2, 0.25) is 0 Å². The van der Waals surface area contributed by atoms with Crippen molar-refractivity contribution in [2.24, 2.45) is 0 Å². The third kappa shape index (κ3) is 2.86. The highest BCUT2D eigenvalue weighted by Crippen LogP contribution is 2.30. The number of aliphatic hydroxyl groups excluding tert-OH is 1. The highest BCUT2D eigenvalue weighted by atomic mass is 32.1. The summed E-state index contributed by atoms with van der Waals surface area (Å²) in [7, 11) is 1.67. The second kappa shape index (κ2) is 6.37. The molecule has 20 heavy (non-hydrogen) atoms. The van der Waals surface area contributed by atoms with Gasteiger partial charge in [0.25, 0.3) is 0 Å². The molecular weight excluding hydrogens is 270 g/mol. The molecule has 4 heteroatoms. The molecule has 0 aliphatic carbocycles. The number of aryl methyl sites for hydroxylation is 2. The van der Waals surface area contributed by atoms with Crippen molar-refractivity contribution in [3.63, 3.8) is 0 Å². The Hall–Kier alpha value is -1.39. The van der Waals surface area contributed by atoms with Crippen LogP contribution in [0.4, 0.5) is 0 Å². The SMILES string of the molecule is CCc1ccsc1C(O)Cc1ncc(C)c(OC)c1C. The summed E-state index contributed by atoms with van der Waals surface area (Å²) < 4.78 is 5.41. The van der Waals surface area contributed by atoms with Gasteiger partial charge in [0.2, 0.25) is 0 Å². The molecule has 0 aliphatic rings. The standard InChI is InChI=1S/C16H21NO2S/c1-5-12-6-7-20-16(12)14(18)8-13-11(3)15(19-4)10(2)9-17-13/h6-7,9,14,18H,5,8H2,1-4H3. The summed E-state index contributed by atoms with van der Waals surface area (Å²) in [4.78, 5) is 5.51. The summed E-state index contributed by atoms with van der Waals surface area (Å²) in [5.41, 5.74) is 4.16. The van der Waals surface area contributed by atoms with E-state index in [1.807, 2.05) is 25.4 Å². The summed E-state index contributed by atoms with van der Waals surface area (Å²) in [5.74, 6) is 0.865. The Bertz CT molecular complexity index is 592. The van der Waals surface area contributed by atoms with Crippen LogP contribution in [-0.2, 0) is 12.8 Å². The van der Waals surface area contributed by atoms with E-state index in [0.29, 0.717) is 6.42 Å². The van der Waals surface area contributed by atoms with E-state index in [9.17, 15) is 5.11 Å². The normalized spacial score (nSPS) is 12.4. The fourth-order valence-electron chi connectivity index (χ4n) is 2.48. The predicted octanol–water partition coefficient (Wildman–Crippen LogP) is 3.61. The van der Waals surface area contributed by atoms with E-state index in [2.05, 4.69) is 18.0 Å². The molecule has 0 bridgehead atoms. The summed E-state index contributed by atoms with van der Waals surface area (Å²) in [6.45, 7) is 6.08. The van der Waals surface area contributed by atoms with Crippen LogP contribution in [0.25, 0.3) is 0 Å². The Morgan fingerprint density at radius 2 is 2.15 bits per heavy atom. The van der Waals surface area contributed by atoms with E-state index >= 15 is 0 Å². The number of nitrogens with zero attached hydrogens (tertiary/aromatic N) is 1. The number of pyridine rings is 1. The highest BCUT2D eigenvalue weighted by molar-refractivity contribution is 7.10. The first-order chi connectivity index (χ1) is 9.58. The molecule has 1 N–H and O–H groups in total. The average Bonchev–Trinajstić information content (AvgIpc) is 2.91. The Morgan fingerprint density at radius 3 is 2.80 bits per heavy atom. The van der Waals surface area contributed by atoms with Crippen molar-refractivity contribution in [2.75, 3.05) is 7.11 Å². The average molecular weight is 291 g/mol. The van der Waals surface area contributed by atoms with Gasteiger partial charge in [0.15, 0.2) is 0 Å². The van der Waals surface area contributed by atoms with Gasteiger partial charge in [-0.25, -0.2) is 0 Å². The number of thiophene rings is 1. The van der Waals surface area contributed by atoms with Gasteiger partial charge in [0.05, 0.1) is 13.2 Å². The van der Waals surface area contributed by atoms with Crippen LogP contribution < -0.4 is 4.74 Å². The third-order valence-corrected chi connectivity index (χ3v) is 4.66. The van der Waals surface area contributed by atoms with E-state index in [1.54, 1.807) is 18.4 Å². The zero-order valence-corrected chi connectivity index (χ0v) is 13.3. The molecule has 2 heterocycles. The molecule has 0 aliphatic heterocycles. The number of aromatic nitrogens is 1. The van der Waals surface area contributed by atoms with Crippen LogP contribution in [0.3, 0.4) is 0 Å². The van der Waals surface area contributed by atoms with Crippen molar-refractivity contribution in [2.45, 2.75) is 39.7 Å². The molecule has 1 unspecified atom stereocenters. The number of aliphatic hydroxyl groups is 1. The van der Waals surface area contributed by atoms with Gasteiger partial charge in [0, 0.05) is 34.3 Å². The van der Waals surface area contributed by atoms with Gasteiger partial charge in [-0.2, -0.15) is 0 Å². The Balaban J connectivity index is 2.26. The highest BCUT2D eigenvalue weighted by Gasteiger charge is 2.17. The topological polar surface area (TPSA) is 42.4 Å². The first-order valence-electron chi connectivity index (χ1n) is 6.81. The van der Waals surface area contributed by atoms with E-state index in [1.165, 1.54) is 5.56 Å². The van der Waals surface area contributed by atoms with Gasteiger partial charge in [0.1, 0.15) is 5.75 Å². The van der Waals surface area contributed by atoms with Gasteiger partial charge < -0.3 is 9.84 Å². The molecule has 0 saturated carbocycles. The van der Waals surface area contributed by atoms with Gasteiger partial charge in [-0.3, -0.25) is 4.98 Å². The molecule has 0 radical (unpaired) electrons. The Morgan fingerprint density at radius 1 is 1.40 bits per heavy atom. The lowest BCUT2D eigenvalue weighted by Gasteiger charge is -2.15. The summed E-state index contributed by atoms with van der Waals surface area (Å²) in [6.07, 6.45) is 2.78. The zero-order valence-electron chi connectivity index (χ0n) is 12.4. The lowest BCUT2D eigenvalue weighted by atomic mass is 10.0. The second-order valence-corrected chi connectivity index (χ2v) is 5.88. The molecule has 2 aromatic heterocycles. The van der Waals surface area contributed by atoms with Crippen LogP contribution in [-0.4, -0.2) is 17.2 Å². The monoisotopic (exact) mass is 291 g/mol. The lowest BCUT2D eigenvalue weighted by molar-refractivity contribution is 0.179. The maximum absolute atomic E-state index is 10.5. The molecule has 0 fully saturated rings. The van der Waals surface area contributed by atoms with Crippen molar-refractivity contribution < 1.29 is 9.84 Å². The molecule has 0 spiro atoms. The van der Waals surface area contributed by atoms with Crippen LogP contribution in [0.5, 0.6) is 5.75 Å². The maximum Gasteiger partial charge on any atom is 0.128 e. The van der Waals surface area contributed by atoms with Crippen molar-refractivity contribution >= 4 is 11.3 Å². The number of methoxy groups -OCH3 is 1. The number of hydrogen-bond acceptors (Lipinski definition) is 4. The number of hydrogen-bond donors (Lipinski definition) is 1. The number of rotatable bonds is 5. The summed E-state index contributed by atoms with van der Waals surface area (Å²) >= 11 is 1.61. The predicted molar refractivity (Wildman–Crippen MR) is 82.6 cm³/mol. The van der Waals surface area contributed by atoms with Crippen LogP contribution >= 0.6 is 11.3 Å². The lowest BCUT2D eigenvalue weighted by Crippen LogP contribution is -2.07. The molecular formula is C16H21NO2S.